The number of nitrogens with zero attached hydrogens (tertiary/aromatic N) is 1. The van der Waals surface area contributed by atoms with Crippen molar-refractivity contribution in [3.05, 3.63) is 65.7 Å². The Bertz CT molecular complexity index is 609. The molecular weight excluding hydrogens is 243 g/mol. The van der Waals surface area contributed by atoms with E-state index in [1.54, 1.807) is 42.7 Å². The summed E-state index contributed by atoms with van der Waals surface area (Å²) in [5.74, 6) is -0.460. The predicted octanol–water partition coefficient (Wildman–Crippen LogP) is 2.64. The number of hydrogen-bond donors (Lipinski definition) is 1. The fourth-order valence-electron chi connectivity index (χ4n) is 2.23. The molecule has 1 aliphatic rings. The van der Waals surface area contributed by atoms with Crippen molar-refractivity contribution in [3.8, 4) is 0 Å². The molecule has 1 aromatic carbocycles. The van der Waals surface area contributed by atoms with Crippen molar-refractivity contribution in [2.45, 2.75) is 18.4 Å². The number of pyridine rings is 1. The van der Waals surface area contributed by atoms with E-state index in [2.05, 4.69) is 10.3 Å². The van der Waals surface area contributed by atoms with Crippen molar-refractivity contribution >= 4 is 5.91 Å². The van der Waals surface area contributed by atoms with Gasteiger partial charge in [-0.15, -0.1) is 0 Å². The molecule has 0 saturated heterocycles. The normalized spacial score (nSPS) is 15.8. The second-order valence-electron chi connectivity index (χ2n) is 4.75. The van der Waals surface area contributed by atoms with E-state index >= 15 is 0 Å². The quantitative estimate of drug-likeness (QED) is 0.917. The summed E-state index contributed by atoms with van der Waals surface area (Å²) in [7, 11) is 0. The highest BCUT2D eigenvalue weighted by molar-refractivity contribution is 5.94. The van der Waals surface area contributed by atoms with Crippen LogP contribution in [0.5, 0.6) is 0 Å². The Labute approximate surface area is 110 Å². The summed E-state index contributed by atoms with van der Waals surface area (Å²) in [6.45, 7) is 0. The summed E-state index contributed by atoms with van der Waals surface area (Å²) >= 11 is 0. The van der Waals surface area contributed by atoms with Crippen molar-refractivity contribution in [3.63, 3.8) is 0 Å². The third kappa shape index (κ3) is 2.21. The average molecular weight is 256 g/mol. The Hall–Kier alpha value is -2.23. The first-order valence-corrected chi connectivity index (χ1v) is 6.19. The second kappa shape index (κ2) is 4.46. The van der Waals surface area contributed by atoms with Crippen LogP contribution < -0.4 is 5.32 Å². The lowest BCUT2D eigenvalue weighted by Gasteiger charge is -2.18. The van der Waals surface area contributed by atoms with Gasteiger partial charge in [0.05, 0.1) is 5.54 Å². The molecule has 0 atom stereocenters. The molecule has 1 aromatic heterocycles. The Morgan fingerprint density at radius 3 is 2.47 bits per heavy atom. The summed E-state index contributed by atoms with van der Waals surface area (Å²) in [6.07, 6.45) is 4.67. The topological polar surface area (TPSA) is 42.0 Å². The van der Waals surface area contributed by atoms with Crippen LogP contribution in [-0.2, 0) is 5.54 Å². The van der Waals surface area contributed by atoms with E-state index in [1.165, 1.54) is 6.07 Å². The Balaban J connectivity index is 1.84. The van der Waals surface area contributed by atoms with Crippen LogP contribution >= 0.6 is 0 Å². The van der Waals surface area contributed by atoms with E-state index in [4.69, 9.17) is 0 Å². The number of benzene rings is 1. The van der Waals surface area contributed by atoms with Gasteiger partial charge in [-0.1, -0.05) is 18.2 Å². The van der Waals surface area contributed by atoms with Crippen LogP contribution in [-0.4, -0.2) is 10.9 Å². The highest BCUT2D eigenvalue weighted by atomic mass is 19.1. The lowest BCUT2D eigenvalue weighted by molar-refractivity contribution is 0.0930. The SMILES string of the molecule is O=C(NC1(c2ccccc2F)CC1)c1ccncc1. The van der Waals surface area contributed by atoms with Gasteiger partial charge < -0.3 is 5.32 Å². The molecule has 1 amide bonds. The van der Waals surface area contributed by atoms with Crippen LogP contribution in [0.4, 0.5) is 4.39 Å². The van der Waals surface area contributed by atoms with E-state index in [1.807, 2.05) is 0 Å². The fraction of sp³-hybridized carbons (Fsp3) is 0.200. The standard InChI is InChI=1S/C15H13FN2O/c16-13-4-2-1-3-12(13)15(7-8-15)18-14(19)11-5-9-17-10-6-11/h1-6,9-10H,7-8H2,(H,18,19). The number of hydrogen-bond acceptors (Lipinski definition) is 2. The predicted molar refractivity (Wildman–Crippen MR) is 69.0 cm³/mol. The Kier molecular flexibility index (Phi) is 2.78. The van der Waals surface area contributed by atoms with Gasteiger partial charge in [-0.25, -0.2) is 4.39 Å². The minimum atomic E-state index is -0.536. The molecule has 1 fully saturated rings. The largest absolute Gasteiger partial charge is 0.342 e. The van der Waals surface area contributed by atoms with Gasteiger partial charge in [-0.2, -0.15) is 0 Å². The van der Waals surface area contributed by atoms with Gasteiger partial charge in [-0.05, 0) is 31.0 Å². The van der Waals surface area contributed by atoms with E-state index in [9.17, 15) is 9.18 Å². The third-order valence-electron chi connectivity index (χ3n) is 3.43. The zero-order valence-electron chi connectivity index (χ0n) is 10.3. The molecule has 4 heteroatoms. The van der Waals surface area contributed by atoms with Crippen molar-refractivity contribution in [1.82, 2.24) is 10.3 Å². The average Bonchev–Trinajstić information content (AvgIpc) is 3.21. The maximum Gasteiger partial charge on any atom is 0.252 e. The number of halogens is 1. The van der Waals surface area contributed by atoms with E-state index in [0.717, 1.165) is 12.8 Å². The monoisotopic (exact) mass is 256 g/mol. The highest BCUT2D eigenvalue weighted by Gasteiger charge is 2.47. The first-order valence-electron chi connectivity index (χ1n) is 6.19. The smallest absolute Gasteiger partial charge is 0.252 e. The van der Waals surface area contributed by atoms with Crippen molar-refractivity contribution < 1.29 is 9.18 Å². The van der Waals surface area contributed by atoms with Crippen LogP contribution in [0.2, 0.25) is 0 Å². The fourth-order valence-corrected chi connectivity index (χ4v) is 2.23. The number of carbonyl (C=O) groups excluding carboxylic acids is 1. The van der Waals surface area contributed by atoms with Gasteiger partial charge in [-0.3, -0.25) is 9.78 Å². The second-order valence-corrected chi connectivity index (χ2v) is 4.75. The molecule has 0 spiro atoms. The van der Waals surface area contributed by atoms with Gasteiger partial charge in [0.15, 0.2) is 0 Å². The number of amides is 1. The molecule has 19 heavy (non-hydrogen) atoms. The molecule has 1 N–H and O–H groups in total. The molecule has 0 aliphatic heterocycles. The summed E-state index contributed by atoms with van der Waals surface area (Å²) in [5.41, 5.74) is 0.570. The van der Waals surface area contributed by atoms with Gasteiger partial charge in [0.2, 0.25) is 0 Å². The molecule has 1 aliphatic carbocycles. The van der Waals surface area contributed by atoms with Crippen molar-refractivity contribution in [2.24, 2.45) is 0 Å². The number of nitrogens with one attached hydrogen (secondary N) is 1. The van der Waals surface area contributed by atoms with E-state index < -0.39 is 5.54 Å². The third-order valence-corrected chi connectivity index (χ3v) is 3.43. The highest BCUT2D eigenvalue weighted by Crippen LogP contribution is 2.46. The molecule has 3 rings (SSSR count). The van der Waals surface area contributed by atoms with E-state index in [0.29, 0.717) is 11.1 Å². The van der Waals surface area contributed by atoms with Crippen LogP contribution in [0.25, 0.3) is 0 Å². The van der Waals surface area contributed by atoms with Crippen LogP contribution in [0.15, 0.2) is 48.8 Å². The van der Waals surface area contributed by atoms with E-state index in [-0.39, 0.29) is 11.7 Å². The first kappa shape index (κ1) is 11.8. The van der Waals surface area contributed by atoms with Gasteiger partial charge in [0, 0.05) is 23.5 Å². The Morgan fingerprint density at radius 1 is 1.16 bits per heavy atom. The molecule has 1 saturated carbocycles. The molecular formula is C15H13FN2O. The molecule has 0 unspecified atom stereocenters. The lowest BCUT2D eigenvalue weighted by Crippen LogP contribution is -2.35. The van der Waals surface area contributed by atoms with Gasteiger partial charge >= 0.3 is 0 Å². The number of rotatable bonds is 3. The first-order chi connectivity index (χ1) is 9.21. The molecule has 0 radical (unpaired) electrons. The van der Waals surface area contributed by atoms with Crippen molar-refractivity contribution in [2.75, 3.05) is 0 Å². The summed E-state index contributed by atoms with van der Waals surface area (Å²) in [5, 5.41) is 2.93. The van der Waals surface area contributed by atoms with Crippen LogP contribution in [0, 0.1) is 5.82 Å². The zero-order chi connectivity index (χ0) is 13.3. The minimum absolute atomic E-state index is 0.192. The number of carbonyl (C=O) groups is 1. The molecule has 3 nitrogen and oxygen atoms in total. The van der Waals surface area contributed by atoms with Gasteiger partial charge in [0.1, 0.15) is 5.82 Å². The minimum Gasteiger partial charge on any atom is -0.342 e. The molecule has 1 heterocycles. The Morgan fingerprint density at radius 2 is 1.84 bits per heavy atom. The zero-order valence-corrected chi connectivity index (χ0v) is 10.3. The maximum absolute atomic E-state index is 13.8. The van der Waals surface area contributed by atoms with Gasteiger partial charge in [0.25, 0.3) is 5.91 Å². The van der Waals surface area contributed by atoms with Crippen LogP contribution in [0.3, 0.4) is 0 Å². The number of aromatic nitrogens is 1. The van der Waals surface area contributed by atoms with Crippen LogP contribution in [0.1, 0.15) is 28.8 Å². The molecule has 0 bridgehead atoms. The maximum atomic E-state index is 13.8. The van der Waals surface area contributed by atoms with Crippen molar-refractivity contribution in [1.29, 1.82) is 0 Å². The summed E-state index contributed by atoms with van der Waals surface area (Å²) < 4.78 is 13.8. The lowest BCUT2D eigenvalue weighted by atomic mass is 10.0. The summed E-state index contributed by atoms with van der Waals surface area (Å²) in [6, 6.07) is 9.89. The molecule has 96 valence electrons. The summed E-state index contributed by atoms with van der Waals surface area (Å²) in [4.78, 5) is 16.0. The molecule has 2 aromatic rings.